The topological polar surface area (TPSA) is 101 Å². The summed E-state index contributed by atoms with van der Waals surface area (Å²) in [5.74, 6) is -0.930. The zero-order chi connectivity index (χ0) is 26.0. The number of likely N-dealkylation sites (N-methyl/N-ethyl adjacent to an activating group) is 1. The maximum absolute atomic E-state index is 14.6. The van der Waals surface area contributed by atoms with Crippen molar-refractivity contribution in [1.82, 2.24) is 29.6 Å². The Morgan fingerprint density at radius 1 is 1.22 bits per heavy atom. The van der Waals surface area contributed by atoms with Crippen LogP contribution in [0.4, 0.5) is 29.1 Å². The first kappa shape index (κ1) is 25.4. The highest BCUT2D eigenvalue weighted by molar-refractivity contribution is 7.13. The summed E-state index contributed by atoms with van der Waals surface area (Å²) >= 11 is 0.230. The van der Waals surface area contributed by atoms with Crippen molar-refractivity contribution in [2.45, 2.75) is 25.7 Å². The molecule has 1 aromatic carbocycles. The minimum Gasteiger partial charge on any atom is -0.362 e. The van der Waals surface area contributed by atoms with Gasteiger partial charge in [-0.1, -0.05) is 0 Å². The molecule has 0 aliphatic rings. The minimum atomic E-state index is -4.64. The molecule has 0 saturated carbocycles. The van der Waals surface area contributed by atoms with Gasteiger partial charge in [0, 0.05) is 17.8 Å². The van der Waals surface area contributed by atoms with E-state index in [0.29, 0.717) is 23.5 Å². The Labute approximate surface area is 207 Å². The van der Waals surface area contributed by atoms with Crippen LogP contribution in [-0.2, 0) is 12.7 Å². The van der Waals surface area contributed by atoms with Crippen molar-refractivity contribution in [3.63, 3.8) is 0 Å². The molecule has 3 heterocycles. The second-order valence-corrected chi connectivity index (χ2v) is 9.27. The van der Waals surface area contributed by atoms with Gasteiger partial charge >= 0.3 is 6.18 Å². The highest BCUT2D eigenvalue weighted by atomic mass is 32.1. The molecular formula is C22H22F4N8OS. The summed E-state index contributed by atoms with van der Waals surface area (Å²) in [4.78, 5) is 26.2. The van der Waals surface area contributed by atoms with Crippen LogP contribution in [0.5, 0.6) is 0 Å². The number of hydrogen-bond acceptors (Lipinski definition) is 8. The highest BCUT2D eigenvalue weighted by Gasteiger charge is 2.35. The van der Waals surface area contributed by atoms with Gasteiger partial charge < -0.3 is 15.5 Å². The number of benzene rings is 1. The maximum Gasteiger partial charge on any atom is 0.443 e. The number of halogens is 4. The number of aromatic nitrogens is 5. The summed E-state index contributed by atoms with van der Waals surface area (Å²) in [6.45, 7) is 3.17. The average molecular weight is 523 g/mol. The third kappa shape index (κ3) is 5.94. The molecule has 0 bridgehead atoms. The zero-order valence-corrected chi connectivity index (χ0v) is 20.3. The number of alkyl halides is 3. The number of amides is 1. The van der Waals surface area contributed by atoms with Gasteiger partial charge in [0.05, 0.1) is 31.2 Å². The van der Waals surface area contributed by atoms with Crippen molar-refractivity contribution in [3.05, 3.63) is 58.1 Å². The Hall–Kier alpha value is -3.65. The Bertz CT molecular complexity index is 1380. The summed E-state index contributed by atoms with van der Waals surface area (Å²) in [7, 11) is 3.93. The van der Waals surface area contributed by atoms with Crippen LogP contribution < -0.4 is 10.6 Å². The number of rotatable bonds is 8. The number of carbonyl (C=O) groups excluding carboxylic acids is 1. The molecule has 190 valence electrons. The standard InChI is InChI=1S/C22H22F4N8OS/c1-12(29-18-10-27-16-11-34(7-6-33(2)3)32-19(16)31-18)14-8-13(4-5-15(14)23)30-20(35)17-9-28-21(36-17)22(24,25)26/h4-5,8-12H,6-7H2,1-3H3,(H,30,35)(H,29,31,32)/t12-/m0/s1. The minimum absolute atomic E-state index is 0.214. The summed E-state index contributed by atoms with van der Waals surface area (Å²) in [6, 6.07) is 3.31. The Kier molecular flexibility index (Phi) is 7.17. The first-order chi connectivity index (χ1) is 17.0. The molecule has 4 aromatic rings. The quantitative estimate of drug-likeness (QED) is 0.330. The van der Waals surface area contributed by atoms with Crippen LogP contribution >= 0.6 is 11.3 Å². The SMILES string of the molecule is C[C@H](Nc1cnc2cn(CCN(C)C)nc2n1)c1cc(NC(=O)c2cnc(C(F)(F)F)s2)ccc1F. The number of nitrogens with zero attached hydrogens (tertiary/aromatic N) is 6. The molecule has 0 spiro atoms. The predicted molar refractivity (Wildman–Crippen MR) is 127 cm³/mol. The molecule has 3 aromatic heterocycles. The second kappa shape index (κ2) is 10.1. The Morgan fingerprint density at radius 2 is 2.00 bits per heavy atom. The van der Waals surface area contributed by atoms with Crippen molar-refractivity contribution in [1.29, 1.82) is 0 Å². The lowest BCUT2D eigenvalue weighted by atomic mass is 10.1. The fourth-order valence-corrected chi connectivity index (χ4v) is 3.97. The molecule has 2 N–H and O–H groups in total. The fourth-order valence-electron chi connectivity index (χ4n) is 3.29. The Balaban J connectivity index is 1.47. The molecule has 1 atom stereocenters. The molecule has 1 amide bonds. The number of hydrogen-bond donors (Lipinski definition) is 2. The van der Waals surface area contributed by atoms with Gasteiger partial charge in [-0.05, 0) is 39.2 Å². The van der Waals surface area contributed by atoms with Gasteiger partial charge in [-0.3, -0.25) is 9.48 Å². The van der Waals surface area contributed by atoms with Gasteiger partial charge in [-0.15, -0.1) is 11.3 Å². The van der Waals surface area contributed by atoms with Gasteiger partial charge in [-0.2, -0.15) is 18.3 Å². The number of anilines is 2. The first-order valence-electron chi connectivity index (χ1n) is 10.7. The molecule has 14 heteroatoms. The van der Waals surface area contributed by atoms with Crippen molar-refractivity contribution in [2.24, 2.45) is 0 Å². The van der Waals surface area contributed by atoms with E-state index in [4.69, 9.17) is 0 Å². The van der Waals surface area contributed by atoms with E-state index < -0.39 is 29.0 Å². The van der Waals surface area contributed by atoms with Crippen LogP contribution in [0, 0.1) is 5.82 Å². The van der Waals surface area contributed by atoms with Gasteiger partial charge in [0.15, 0.2) is 5.01 Å². The van der Waals surface area contributed by atoms with Gasteiger partial charge in [0.2, 0.25) is 5.65 Å². The van der Waals surface area contributed by atoms with Crippen molar-refractivity contribution < 1.29 is 22.4 Å². The molecule has 0 aliphatic carbocycles. The van der Waals surface area contributed by atoms with Gasteiger partial charge in [0.25, 0.3) is 5.91 Å². The van der Waals surface area contributed by atoms with E-state index in [-0.39, 0.29) is 27.5 Å². The molecule has 4 rings (SSSR count). The summed E-state index contributed by atoms with van der Waals surface area (Å²) in [5.41, 5.74) is 1.49. The second-order valence-electron chi connectivity index (χ2n) is 8.24. The maximum atomic E-state index is 14.6. The van der Waals surface area contributed by atoms with E-state index in [1.807, 2.05) is 19.0 Å². The van der Waals surface area contributed by atoms with Crippen LogP contribution in [-0.4, -0.2) is 56.2 Å². The van der Waals surface area contributed by atoms with Crippen molar-refractivity contribution in [2.75, 3.05) is 31.3 Å². The lowest BCUT2D eigenvalue weighted by molar-refractivity contribution is -0.137. The lowest BCUT2D eigenvalue weighted by Crippen LogP contribution is -2.18. The monoisotopic (exact) mass is 522 g/mol. The molecule has 0 fully saturated rings. The van der Waals surface area contributed by atoms with Crippen LogP contribution in [0.3, 0.4) is 0 Å². The van der Waals surface area contributed by atoms with Crippen LogP contribution in [0.2, 0.25) is 0 Å². The number of fused-ring (bicyclic) bond motifs is 1. The summed E-state index contributed by atoms with van der Waals surface area (Å²) in [6.07, 6.45) is -0.467. The molecule has 0 radical (unpaired) electrons. The number of carbonyl (C=O) groups is 1. The van der Waals surface area contributed by atoms with E-state index in [0.717, 1.165) is 18.8 Å². The third-order valence-corrected chi connectivity index (χ3v) is 6.15. The van der Waals surface area contributed by atoms with Crippen LogP contribution in [0.25, 0.3) is 11.2 Å². The van der Waals surface area contributed by atoms with E-state index in [1.165, 1.54) is 18.3 Å². The largest absolute Gasteiger partial charge is 0.443 e. The third-order valence-electron chi connectivity index (χ3n) is 5.11. The van der Waals surface area contributed by atoms with Crippen molar-refractivity contribution in [3.8, 4) is 0 Å². The van der Waals surface area contributed by atoms with Crippen molar-refractivity contribution >= 4 is 39.9 Å². The molecule has 0 unspecified atom stereocenters. The summed E-state index contributed by atoms with van der Waals surface area (Å²) in [5, 5.41) is 8.84. The fraction of sp³-hybridized carbons (Fsp3) is 0.318. The van der Waals surface area contributed by atoms with Gasteiger partial charge in [-0.25, -0.2) is 19.3 Å². The predicted octanol–water partition coefficient (Wildman–Crippen LogP) is 4.43. The lowest BCUT2D eigenvalue weighted by Gasteiger charge is -2.16. The average Bonchev–Trinajstić information content (AvgIpc) is 3.46. The molecule has 0 aliphatic heterocycles. The van der Waals surface area contributed by atoms with Gasteiger partial charge in [0.1, 0.15) is 22.0 Å². The number of thiazole rings is 1. The molecule has 0 saturated heterocycles. The van der Waals surface area contributed by atoms with Crippen LogP contribution in [0.15, 0.2) is 36.8 Å². The molecule has 9 nitrogen and oxygen atoms in total. The van der Waals surface area contributed by atoms with E-state index in [1.54, 1.807) is 17.8 Å². The smallest absolute Gasteiger partial charge is 0.362 e. The zero-order valence-electron chi connectivity index (χ0n) is 19.5. The highest BCUT2D eigenvalue weighted by Crippen LogP contribution is 2.33. The molecule has 36 heavy (non-hydrogen) atoms. The Morgan fingerprint density at radius 3 is 2.69 bits per heavy atom. The first-order valence-corrected chi connectivity index (χ1v) is 11.6. The molecular weight excluding hydrogens is 500 g/mol. The number of nitrogens with one attached hydrogen (secondary N) is 2. The van der Waals surface area contributed by atoms with E-state index in [9.17, 15) is 22.4 Å². The van der Waals surface area contributed by atoms with E-state index >= 15 is 0 Å². The summed E-state index contributed by atoms with van der Waals surface area (Å²) < 4.78 is 54.6. The van der Waals surface area contributed by atoms with Crippen LogP contribution in [0.1, 0.15) is 33.2 Å². The normalized spacial score (nSPS) is 12.8. The van der Waals surface area contributed by atoms with E-state index in [2.05, 4.69) is 30.7 Å².